The summed E-state index contributed by atoms with van der Waals surface area (Å²) in [6.45, 7) is 4.52. The van der Waals surface area contributed by atoms with Crippen molar-refractivity contribution in [2.45, 2.75) is 46.0 Å². The molecule has 1 fully saturated rings. The number of rotatable bonds is 4. The molecule has 1 aliphatic rings. The van der Waals surface area contributed by atoms with Gasteiger partial charge in [-0.2, -0.15) is 0 Å². The van der Waals surface area contributed by atoms with Gasteiger partial charge in [0.15, 0.2) is 0 Å². The maximum absolute atomic E-state index is 12.9. The average Bonchev–Trinajstić information content (AvgIpc) is 2.29. The number of ether oxygens (including phenoxy) is 1. The first-order valence-electron chi connectivity index (χ1n) is 6.19. The smallest absolute Gasteiger partial charge is 0.409 e. The predicted molar refractivity (Wildman–Crippen MR) is 61.2 cm³/mol. The molecule has 0 aromatic rings. The summed E-state index contributed by atoms with van der Waals surface area (Å²) in [6, 6.07) is 0. The Hall–Kier alpha value is -0.870. The third-order valence-electron chi connectivity index (χ3n) is 3.24. The molecule has 1 saturated heterocycles. The summed E-state index contributed by atoms with van der Waals surface area (Å²) < 4.78 is 30.8. The number of carbonyl (C=O) groups is 1. The highest BCUT2D eigenvalue weighted by atomic mass is 19.3. The first-order chi connectivity index (χ1) is 7.99. The minimum absolute atomic E-state index is 0.0929. The lowest BCUT2D eigenvalue weighted by atomic mass is 9.82. The molecule has 17 heavy (non-hydrogen) atoms. The summed E-state index contributed by atoms with van der Waals surface area (Å²) in [5.41, 5.74) is -1.08. The molecular formula is C12H21F2NO2. The van der Waals surface area contributed by atoms with Crippen LogP contribution in [0.4, 0.5) is 13.6 Å². The van der Waals surface area contributed by atoms with Crippen molar-refractivity contribution in [3.8, 4) is 0 Å². The molecule has 5 heteroatoms. The minimum atomic E-state index is -2.39. The molecule has 1 rings (SSSR count). The summed E-state index contributed by atoms with van der Waals surface area (Å²) in [6.07, 6.45) is -0.0142. The van der Waals surface area contributed by atoms with E-state index in [1.807, 2.05) is 6.92 Å². The summed E-state index contributed by atoms with van der Waals surface area (Å²) in [7, 11) is 0. The molecule has 0 spiro atoms. The number of amides is 1. The highest BCUT2D eigenvalue weighted by Crippen LogP contribution is 2.35. The number of halogens is 2. The first-order valence-corrected chi connectivity index (χ1v) is 6.19. The van der Waals surface area contributed by atoms with Gasteiger partial charge in [0.1, 0.15) is 0 Å². The summed E-state index contributed by atoms with van der Waals surface area (Å²) in [4.78, 5) is 13.1. The van der Waals surface area contributed by atoms with Gasteiger partial charge in [-0.3, -0.25) is 0 Å². The van der Waals surface area contributed by atoms with Crippen molar-refractivity contribution in [3.63, 3.8) is 0 Å². The maximum Gasteiger partial charge on any atom is 0.409 e. The third kappa shape index (κ3) is 3.82. The van der Waals surface area contributed by atoms with Crippen molar-refractivity contribution in [2.24, 2.45) is 5.41 Å². The second-order valence-electron chi connectivity index (χ2n) is 4.95. The van der Waals surface area contributed by atoms with Crippen LogP contribution in [-0.4, -0.2) is 37.1 Å². The lowest BCUT2D eigenvalue weighted by Gasteiger charge is -2.39. The van der Waals surface area contributed by atoms with Gasteiger partial charge in [-0.15, -0.1) is 0 Å². The average molecular weight is 249 g/mol. The summed E-state index contributed by atoms with van der Waals surface area (Å²) >= 11 is 0. The molecule has 0 aromatic carbocycles. The summed E-state index contributed by atoms with van der Waals surface area (Å²) in [5, 5.41) is 0. The fraction of sp³-hybridized carbons (Fsp3) is 0.917. The van der Waals surface area contributed by atoms with Gasteiger partial charge >= 0.3 is 6.09 Å². The Morgan fingerprint density at radius 1 is 1.53 bits per heavy atom. The number of carbonyl (C=O) groups excluding carboxylic acids is 1. The van der Waals surface area contributed by atoms with Crippen LogP contribution < -0.4 is 0 Å². The SMILES string of the molecule is CCCCOC(=O)N1CCCC(C)(C(F)F)C1. The van der Waals surface area contributed by atoms with Gasteiger partial charge in [-0.05, 0) is 19.3 Å². The maximum atomic E-state index is 12.9. The Morgan fingerprint density at radius 2 is 2.24 bits per heavy atom. The van der Waals surface area contributed by atoms with E-state index in [0.29, 0.717) is 26.0 Å². The molecule has 1 amide bonds. The van der Waals surface area contributed by atoms with E-state index >= 15 is 0 Å². The fourth-order valence-corrected chi connectivity index (χ4v) is 2.00. The molecule has 0 aromatic heterocycles. The first kappa shape index (κ1) is 14.2. The quantitative estimate of drug-likeness (QED) is 0.715. The van der Waals surface area contributed by atoms with E-state index < -0.39 is 17.9 Å². The minimum Gasteiger partial charge on any atom is -0.449 e. The molecule has 1 unspecified atom stereocenters. The highest BCUT2D eigenvalue weighted by Gasteiger charge is 2.40. The lowest BCUT2D eigenvalue weighted by Crippen LogP contribution is -2.48. The number of unbranched alkanes of at least 4 members (excludes halogenated alkanes) is 1. The number of hydrogen-bond acceptors (Lipinski definition) is 2. The van der Waals surface area contributed by atoms with Crippen LogP contribution in [-0.2, 0) is 4.74 Å². The van der Waals surface area contributed by atoms with E-state index in [-0.39, 0.29) is 6.54 Å². The molecule has 0 saturated carbocycles. The van der Waals surface area contributed by atoms with Gasteiger partial charge < -0.3 is 9.64 Å². The van der Waals surface area contributed by atoms with Gasteiger partial charge in [0.2, 0.25) is 6.43 Å². The Kier molecular flexibility index (Phi) is 5.15. The van der Waals surface area contributed by atoms with Crippen LogP contribution in [0.3, 0.4) is 0 Å². The van der Waals surface area contributed by atoms with Crippen LogP contribution in [0.15, 0.2) is 0 Å². The van der Waals surface area contributed by atoms with E-state index in [1.165, 1.54) is 11.8 Å². The van der Waals surface area contributed by atoms with Crippen LogP contribution in [0.1, 0.15) is 39.5 Å². The van der Waals surface area contributed by atoms with Crippen LogP contribution in [0.25, 0.3) is 0 Å². The van der Waals surface area contributed by atoms with Gasteiger partial charge in [0.25, 0.3) is 0 Å². The van der Waals surface area contributed by atoms with Crippen molar-refractivity contribution in [3.05, 3.63) is 0 Å². The van der Waals surface area contributed by atoms with Crippen LogP contribution in [0.2, 0.25) is 0 Å². The Labute approximate surface area is 101 Å². The van der Waals surface area contributed by atoms with Gasteiger partial charge in [-0.1, -0.05) is 20.3 Å². The van der Waals surface area contributed by atoms with Crippen LogP contribution in [0.5, 0.6) is 0 Å². The second-order valence-corrected chi connectivity index (χ2v) is 4.95. The van der Waals surface area contributed by atoms with Crippen molar-refractivity contribution < 1.29 is 18.3 Å². The summed E-state index contributed by atoms with van der Waals surface area (Å²) in [5.74, 6) is 0. The predicted octanol–water partition coefficient (Wildman–Crippen LogP) is 3.29. The Morgan fingerprint density at radius 3 is 2.82 bits per heavy atom. The molecule has 1 atom stereocenters. The monoisotopic (exact) mass is 249 g/mol. The fourth-order valence-electron chi connectivity index (χ4n) is 2.00. The largest absolute Gasteiger partial charge is 0.449 e. The van der Waals surface area contributed by atoms with E-state index in [2.05, 4.69) is 0 Å². The van der Waals surface area contributed by atoms with Gasteiger partial charge in [0, 0.05) is 18.5 Å². The van der Waals surface area contributed by atoms with Gasteiger partial charge in [-0.25, -0.2) is 13.6 Å². The number of nitrogens with zero attached hydrogens (tertiary/aromatic N) is 1. The topological polar surface area (TPSA) is 29.5 Å². The molecule has 1 heterocycles. The van der Waals surface area contributed by atoms with E-state index in [0.717, 1.165) is 12.8 Å². The van der Waals surface area contributed by atoms with E-state index in [9.17, 15) is 13.6 Å². The van der Waals surface area contributed by atoms with Gasteiger partial charge in [0.05, 0.1) is 6.61 Å². The molecule has 0 radical (unpaired) electrons. The lowest BCUT2D eigenvalue weighted by molar-refractivity contribution is -0.0404. The van der Waals surface area contributed by atoms with Crippen molar-refractivity contribution in [2.75, 3.05) is 19.7 Å². The molecule has 0 bridgehead atoms. The highest BCUT2D eigenvalue weighted by molar-refractivity contribution is 5.67. The Balaban J connectivity index is 2.46. The molecule has 100 valence electrons. The zero-order chi connectivity index (χ0) is 12.9. The van der Waals surface area contributed by atoms with Crippen molar-refractivity contribution in [1.29, 1.82) is 0 Å². The molecule has 3 nitrogen and oxygen atoms in total. The number of hydrogen-bond donors (Lipinski definition) is 0. The standard InChI is InChI=1S/C12H21F2NO2/c1-3-4-8-17-11(16)15-7-5-6-12(2,9-15)10(13)14/h10H,3-9H2,1-2H3. The molecule has 0 N–H and O–H groups in total. The molecule has 1 aliphatic heterocycles. The van der Waals surface area contributed by atoms with Crippen LogP contribution in [0, 0.1) is 5.41 Å². The zero-order valence-corrected chi connectivity index (χ0v) is 10.5. The Bertz CT molecular complexity index is 261. The van der Waals surface area contributed by atoms with Crippen molar-refractivity contribution >= 4 is 6.09 Å². The van der Waals surface area contributed by atoms with Crippen LogP contribution >= 0.6 is 0 Å². The third-order valence-corrected chi connectivity index (χ3v) is 3.24. The zero-order valence-electron chi connectivity index (χ0n) is 10.5. The number of alkyl halides is 2. The number of likely N-dealkylation sites (tertiary alicyclic amines) is 1. The van der Waals surface area contributed by atoms with E-state index in [4.69, 9.17) is 4.74 Å². The molecule has 0 aliphatic carbocycles. The second kappa shape index (κ2) is 6.17. The molecular weight excluding hydrogens is 228 g/mol. The normalized spacial score (nSPS) is 25.1. The van der Waals surface area contributed by atoms with Crippen molar-refractivity contribution in [1.82, 2.24) is 4.90 Å². The number of piperidine rings is 1. The van der Waals surface area contributed by atoms with E-state index in [1.54, 1.807) is 0 Å².